The number of halogens is 1. The number of allylic oxidation sites excluding steroid dienone is 2. The van der Waals surface area contributed by atoms with Crippen LogP contribution in [-0.4, -0.2) is 41.7 Å². The summed E-state index contributed by atoms with van der Waals surface area (Å²) in [7, 11) is 2.99. The van der Waals surface area contributed by atoms with E-state index < -0.39 is 34.4 Å². The van der Waals surface area contributed by atoms with Crippen molar-refractivity contribution in [2.24, 2.45) is 0 Å². The first-order valence-corrected chi connectivity index (χ1v) is 10.6. The predicted molar refractivity (Wildman–Crippen MR) is 125 cm³/mol. The van der Waals surface area contributed by atoms with E-state index in [4.69, 9.17) is 21.1 Å². The lowest BCUT2D eigenvalue weighted by Crippen LogP contribution is -2.40. The van der Waals surface area contributed by atoms with Gasteiger partial charge in [-0.15, -0.1) is 0 Å². The first-order chi connectivity index (χ1) is 16.4. The van der Waals surface area contributed by atoms with E-state index in [1.807, 2.05) is 0 Å². The topological polar surface area (TPSA) is 93.1 Å². The maximum Gasteiger partial charge on any atom is 0.260 e. The SMILES string of the molecule is COc1ccc(C(=O)N(C2=C(Cl)C(=O)c3ccccc3C2=O)C(O)c2ccc(OC)cc2)cc1. The van der Waals surface area contributed by atoms with Gasteiger partial charge in [-0.1, -0.05) is 48.0 Å². The highest BCUT2D eigenvalue weighted by atomic mass is 35.5. The average molecular weight is 478 g/mol. The number of amides is 1. The van der Waals surface area contributed by atoms with Crippen molar-refractivity contribution in [3.63, 3.8) is 0 Å². The maximum absolute atomic E-state index is 13.6. The minimum Gasteiger partial charge on any atom is -0.497 e. The van der Waals surface area contributed by atoms with Crippen molar-refractivity contribution in [3.05, 3.63) is 106 Å². The number of fused-ring (bicyclic) bond motifs is 1. The van der Waals surface area contributed by atoms with Crippen LogP contribution in [0.4, 0.5) is 0 Å². The van der Waals surface area contributed by atoms with Gasteiger partial charge in [0.1, 0.15) is 22.2 Å². The number of aliphatic hydroxyl groups excluding tert-OH is 1. The Hall–Kier alpha value is -3.94. The average Bonchev–Trinajstić information content (AvgIpc) is 2.89. The zero-order valence-electron chi connectivity index (χ0n) is 18.3. The van der Waals surface area contributed by atoms with Crippen LogP contribution in [0.25, 0.3) is 0 Å². The molecule has 8 heteroatoms. The van der Waals surface area contributed by atoms with Gasteiger partial charge in [0.25, 0.3) is 5.91 Å². The van der Waals surface area contributed by atoms with Crippen molar-refractivity contribution in [2.75, 3.05) is 14.2 Å². The number of methoxy groups -OCH3 is 2. The van der Waals surface area contributed by atoms with Crippen LogP contribution in [0.15, 0.2) is 83.5 Å². The number of hydrogen-bond donors (Lipinski definition) is 1. The molecule has 0 aliphatic heterocycles. The van der Waals surface area contributed by atoms with Crippen LogP contribution < -0.4 is 9.47 Å². The third-order valence-electron chi connectivity index (χ3n) is 5.49. The van der Waals surface area contributed by atoms with Crippen molar-refractivity contribution in [1.29, 1.82) is 0 Å². The summed E-state index contributed by atoms with van der Waals surface area (Å²) in [6.07, 6.45) is -1.62. The lowest BCUT2D eigenvalue weighted by atomic mass is 9.91. The molecule has 0 bridgehead atoms. The minimum atomic E-state index is -1.62. The van der Waals surface area contributed by atoms with Crippen molar-refractivity contribution in [3.8, 4) is 11.5 Å². The van der Waals surface area contributed by atoms with E-state index in [0.717, 1.165) is 4.90 Å². The second-order valence-electron chi connectivity index (χ2n) is 7.42. The molecule has 0 radical (unpaired) electrons. The molecule has 1 N–H and O–H groups in total. The molecule has 0 saturated heterocycles. The molecule has 3 aromatic carbocycles. The zero-order chi connectivity index (χ0) is 24.4. The molecule has 7 nitrogen and oxygen atoms in total. The highest BCUT2D eigenvalue weighted by molar-refractivity contribution is 6.50. The highest BCUT2D eigenvalue weighted by Crippen LogP contribution is 2.36. The fourth-order valence-electron chi connectivity index (χ4n) is 3.68. The van der Waals surface area contributed by atoms with E-state index in [1.165, 1.54) is 38.5 Å². The van der Waals surface area contributed by atoms with Crippen LogP contribution in [0, 0.1) is 0 Å². The summed E-state index contributed by atoms with van der Waals surface area (Å²) in [5, 5.41) is 10.8. The van der Waals surface area contributed by atoms with E-state index in [1.54, 1.807) is 48.5 Å². The van der Waals surface area contributed by atoms with Gasteiger partial charge in [0.05, 0.1) is 14.2 Å². The number of hydrogen-bond acceptors (Lipinski definition) is 6. The fraction of sp³-hybridized carbons (Fsp3) is 0.115. The molecule has 0 saturated carbocycles. The normalized spacial score (nSPS) is 13.9. The van der Waals surface area contributed by atoms with E-state index >= 15 is 0 Å². The number of rotatable bonds is 6. The lowest BCUT2D eigenvalue weighted by Gasteiger charge is -2.32. The van der Waals surface area contributed by atoms with Crippen molar-refractivity contribution in [2.45, 2.75) is 6.23 Å². The molecule has 1 unspecified atom stereocenters. The molecule has 0 heterocycles. The Morgan fingerprint density at radius 2 is 1.32 bits per heavy atom. The molecule has 3 aromatic rings. The highest BCUT2D eigenvalue weighted by Gasteiger charge is 2.40. The van der Waals surface area contributed by atoms with E-state index in [2.05, 4.69) is 0 Å². The number of aliphatic hydroxyl groups is 1. The van der Waals surface area contributed by atoms with Crippen LogP contribution in [0.1, 0.15) is 42.9 Å². The molecule has 172 valence electrons. The Morgan fingerprint density at radius 3 is 1.85 bits per heavy atom. The Balaban J connectivity index is 1.86. The largest absolute Gasteiger partial charge is 0.497 e. The number of Topliss-reactive ketones (excluding diaryl/α,β-unsaturated/α-hetero) is 2. The third kappa shape index (κ3) is 4.07. The maximum atomic E-state index is 13.6. The van der Waals surface area contributed by atoms with Crippen molar-refractivity contribution in [1.82, 2.24) is 4.90 Å². The minimum absolute atomic E-state index is 0.0985. The number of ether oxygens (including phenoxy) is 2. The van der Waals surface area contributed by atoms with E-state index in [0.29, 0.717) is 17.1 Å². The molecule has 0 spiro atoms. The quantitative estimate of drug-likeness (QED) is 0.530. The molecule has 1 amide bonds. The van der Waals surface area contributed by atoms with Gasteiger partial charge in [-0.25, -0.2) is 0 Å². The molecular formula is C26H20ClNO6. The second kappa shape index (κ2) is 9.51. The van der Waals surface area contributed by atoms with Gasteiger partial charge in [0, 0.05) is 22.3 Å². The van der Waals surface area contributed by atoms with Gasteiger partial charge < -0.3 is 14.6 Å². The third-order valence-corrected chi connectivity index (χ3v) is 5.84. The van der Waals surface area contributed by atoms with Gasteiger partial charge in [-0.2, -0.15) is 0 Å². The van der Waals surface area contributed by atoms with Crippen LogP contribution >= 0.6 is 11.6 Å². The van der Waals surface area contributed by atoms with Gasteiger partial charge in [0.2, 0.25) is 11.6 Å². The molecule has 4 rings (SSSR count). The molecular weight excluding hydrogens is 458 g/mol. The zero-order valence-corrected chi connectivity index (χ0v) is 19.1. The summed E-state index contributed by atoms with van der Waals surface area (Å²) in [5.41, 5.74) is 0.288. The Morgan fingerprint density at radius 1 is 0.824 bits per heavy atom. The Kier molecular flexibility index (Phi) is 6.49. The number of ketones is 2. The molecule has 1 aliphatic rings. The standard InChI is InChI=1S/C26H20ClNO6/c1-33-17-11-7-15(8-12-17)25(31)28(26(32)16-9-13-18(34-2)14-10-16)22-21(27)23(29)19-5-3-4-6-20(19)24(22)30/h3-14,25,31H,1-2H3. The van der Waals surface area contributed by atoms with E-state index in [9.17, 15) is 19.5 Å². The summed E-state index contributed by atoms with van der Waals surface area (Å²) >= 11 is 6.37. The Bertz CT molecular complexity index is 1300. The first-order valence-electron chi connectivity index (χ1n) is 10.2. The number of nitrogens with zero attached hydrogens (tertiary/aromatic N) is 1. The van der Waals surface area contributed by atoms with Crippen LogP contribution in [-0.2, 0) is 0 Å². The van der Waals surface area contributed by atoms with Crippen LogP contribution in [0.2, 0.25) is 0 Å². The number of carbonyl (C=O) groups is 3. The molecule has 34 heavy (non-hydrogen) atoms. The van der Waals surface area contributed by atoms with Crippen LogP contribution in [0.3, 0.4) is 0 Å². The molecule has 1 aliphatic carbocycles. The predicted octanol–water partition coefficient (Wildman–Crippen LogP) is 4.37. The van der Waals surface area contributed by atoms with Gasteiger partial charge in [-0.05, 0) is 36.4 Å². The lowest BCUT2D eigenvalue weighted by molar-refractivity contribution is 0.0209. The Labute approximate surface area is 200 Å². The van der Waals surface area contributed by atoms with Crippen molar-refractivity contribution >= 4 is 29.1 Å². The summed E-state index contributed by atoms with van der Waals surface area (Å²) in [6, 6.07) is 18.6. The first kappa shape index (κ1) is 23.2. The monoisotopic (exact) mass is 477 g/mol. The summed E-state index contributed by atoms with van der Waals surface area (Å²) in [5.74, 6) is -0.913. The smallest absolute Gasteiger partial charge is 0.260 e. The van der Waals surface area contributed by atoms with Gasteiger partial charge >= 0.3 is 0 Å². The second-order valence-corrected chi connectivity index (χ2v) is 7.79. The van der Waals surface area contributed by atoms with Gasteiger partial charge in [0.15, 0.2) is 6.23 Å². The van der Waals surface area contributed by atoms with Crippen molar-refractivity contribution < 1.29 is 29.0 Å². The van der Waals surface area contributed by atoms with Gasteiger partial charge in [-0.3, -0.25) is 19.3 Å². The summed E-state index contributed by atoms with van der Waals surface area (Å²) < 4.78 is 10.3. The molecule has 1 atom stereocenters. The summed E-state index contributed by atoms with van der Waals surface area (Å²) in [4.78, 5) is 40.9. The fourth-order valence-corrected chi connectivity index (χ4v) is 3.96. The number of benzene rings is 3. The molecule has 0 aromatic heterocycles. The summed E-state index contributed by atoms with van der Waals surface area (Å²) in [6.45, 7) is 0. The molecule has 0 fully saturated rings. The number of carbonyl (C=O) groups excluding carboxylic acids is 3. The van der Waals surface area contributed by atoms with Crippen LogP contribution in [0.5, 0.6) is 11.5 Å². The van der Waals surface area contributed by atoms with E-state index in [-0.39, 0.29) is 16.7 Å².